The fraction of sp³-hybridized carbons (Fsp3) is 0.353. The van der Waals surface area contributed by atoms with Gasteiger partial charge in [-0.3, -0.25) is 0 Å². The maximum Gasteiger partial charge on any atom is 0.340 e. The Morgan fingerprint density at radius 3 is 2.90 bits per heavy atom. The van der Waals surface area contributed by atoms with E-state index in [0.717, 1.165) is 28.9 Å². The number of aromatic nitrogens is 1. The van der Waals surface area contributed by atoms with Crippen molar-refractivity contribution in [3.05, 3.63) is 42.1 Å². The van der Waals surface area contributed by atoms with Crippen LogP contribution < -0.4 is 0 Å². The summed E-state index contributed by atoms with van der Waals surface area (Å²) in [6.07, 6.45) is 7.63. The highest BCUT2D eigenvalue weighted by atomic mass is 16.5. The van der Waals surface area contributed by atoms with E-state index in [9.17, 15) is 4.79 Å². The van der Waals surface area contributed by atoms with Gasteiger partial charge in [0, 0.05) is 23.6 Å². The SMILES string of the molecule is C=Cc1ccc2c(c1)c(C(=O)OC)cn2CC1CCC1. The molecule has 1 aliphatic rings. The van der Waals surface area contributed by atoms with Crippen LogP contribution in [0.2, 0.25) is 0 Å². The van der Waals surface area contributed by atoms with E-state index in [1.165, 1.54) is 26.4 Å². The molecule has 1 heterocycles. The van der Waals surface area contributed by atoms with Crippen LogP contribution >= 0.6 is 0 Å². The van der Waals surface area contributed by atoms with Crippen LogP contribution in [0.1, 0.15) is 35.2 Å². The van der Waals surface area contributed by atoms with Crippen LogP contribution in [0.15, 0.2) is 31.0 Å². The van der Waals surface area contributed by atoms with Gasteiger partial charge in [0.15, 0.2) is 0 Å². The van der Waals surface area contributed by atoms with E-state index >= 15 is 0 Å². The number of carbonyl (C=O) groups is 1. The van der Waals surface area contributed by atoms with Crippen LogP contribution in [0.3, 0.4) is 0 Å². The number of methoxy groups -OCH3 is 1. The predicted molar refractivity (Wildman–Crippen MR) is 80.7 cm³/mol. The van der Waals surface area contributed by atoms with Crippen LogP contribution in [0, 0.1) is 5.92 Å². The van der Waals surface area contributed by atoms with Crippen molar-refractivity contribution in [3.8, 4) is 0 Å². The molecule has 1 fully saturated rings. The molecule has 104 valence electrons. The molecule has 3 heteroatoms. The normalized spacial score (nSPS) is 15.1. The second-order valence-electron chi connectivity index (χ2n) is 5.46. The molecular weight excluding hydrogens is 250 g/mol. The van der Waals surface area contributed by atoms with Gasteiger partial charge in [0.25, 0.3) is 0 Å². The van der Waals surface area contributed by atoms with Crippen LogP contribution in [0.4, 0.5) is 0 Å². The average molecular weight is 269 g/mol. The summed E-state index contributed by atoms with van der Waals surface area (Å²) >= 11 is 0. The van der Waals surface area contributed by atoms with Crippen molar-refractivity contribution in [3.63, 3.8) is 0 Å². The van der Waals surface area contributed by atoms with Gasteiger partial charge in [-0.15, -0.1) is 0 Å². The molecule has 3 nitrogen and oxygen atoms in total. The molecule has 0 bridgehead atoms. The maximum absolute atomic E-state index is 11.9. The van der Waals surface area contributed by atoms with Gasteiger partial charge >= 0.3 is 5.97 Å². The smallest absolute Gasteiger partial charge is 0.340 e. The Hall–Kier alpha value is -2.03. The number of rotatable bonds is 4. The monoisotopic (exact) mass is 269 g/mol. The van der Waals surface area contributed by atoms with Crippen LogP contribution in [0.25, 0.3) is 17.0 Å². The first-order valence-corrected chi connectivity index (χ1v) is 7.06. The van der Waals surface area contributed by atoms with Crippen LogP contribution in [0.5, 0.6) is 0 Å². The van der Waals surface area contributed by atoms with Crippen molar-refractivity contribution >= 4 is 22.9 Å². The average Bonchev–Trinajstić information content (AvgIpc) is 2.79. The number of hydrogen-bond acceptors (Lipinski definition) is 2. The summed E-state index contributed by atoms with van der Waals surface area (Å²) in [6.45, 7) is 4.77. The van der Waals surface area contributed by atoms with E-state index in [2.05, 4.69) is 17.2 Å². The maximum atomic E-state index is 11.9. The van der Waals surface area contributed by atoms with Gasteiger partial charge in [-0.1, -0.05) is 25.1 Å². The molecule has 0 spiro atoms. The number of esters is 1. The standard InChI is InChI=1S/C17H19NO2/c1-3-12-7-8-16-14(9-12)15(17(19)20-2)11-18(16)10-13-5-4-6-13/h3,7-9,11,13H,1,4-6,10H2,2H3. The molecule has 0 radical (unpaired) electrons. The molecule has 20 heavy (non-hydrogen) atoms. The Balaban J connectivity index is 2.10. The number of hydrogen-bond donors (Lipinski definition) is 0. The Morgan fingerprint density at radius 2 is 2.30 bits per heavy atom. The largest absolute Gasteiger partial charge is 0.465 e. The summed E-state index contributed by atoms with van der Waals surface area (Å²) in [5.74, 6) is 0.471. The molecule has 1 aromatic heterocycles. The molecule has 0 aliphatic heterocycles. The third-order valence-electron chi connectivity index (χ3n) is 4.23. The molecule has 0 saturated heterocycles. The fourth-order valence-electron chi connectivity index (χ4n) is 2.82. The van der Waals surface area contributed by atoms with E-state index in [4.69, 9.17) is 4.74 Å². The first-order chi connectivity index (χ1) is 9.72. The van der Waals surface area contributed by atoms with Gasteiger partial charge in [0.1, 0.15) is 0 Å². The fourth-order valence-corrected chi connectivity index (χ4v) is 2.82. The van der Waals surface area contributed by atoms with Gasteiger partial charge in [0.05, 0.1) is 12.7 Å². The van der Waals surface area contributed by atoms with Crippen LogP contribution in [-0.4, -0.2) is 17.6 Å². The summed E-state index contributed by atoms with van der Waals surface area (Å²) in [5, 5.41) is 0.952. The zero-order valence-corrected chi connectivity index (χ0v) is 11.8. The molecule has 1 saturated carbocycles. The van der Waals surface area contributed by atoms with Gasteiger partial charge in [-0.2, -0.15) is 0 Å². The lowest BCUT2D eigenvalue weighted by Crippen LogP contribution is -2.17. The Labute approximate surface area is 118 Å². The zero-order valence-electron chi connectivity index (χ0n) is 11.8. The molecule has 2 aromatic rings. The van der Waals surface area contributed by atoms with Gasteiger partial charge < -0.3 is 9.30 Å². The molecule has 1 aromatic carbocycles. The van der Waals surface area contributed by atoms with E-state index in [1.807, 2.05) is 18.3 Å². The first-order valence-electron chi connectivity index (χ1n) is 7.06. The van der Waals surface area contributed by atoms with Crippen molar-refractivity contribution < 1.29 is 9.53 Å². The molecule has 1 aliphatic carbocycles. The minimum atomic E-state index is -0.274. The number of nitrogens with zero attached hydrogens (tertiary/aromatic N) is 1. The highest BCUT2D eigenvalue weighted by molar-refractivity contribution is 6.04. The van der Waals surface area contributed by atoms with Crippen molar-refractivity contribution in [1.82, 2.24) is 4.57 Å². The summed E-state index contributed by atoms with van der Waals surface area (Å²) < 4.78 is 7.09. The summed E-state index contributed by atoms with van der Waals surface area (Å²) in [6, 6.07) is 6.11. The molecule has 0 atom stereocenters. The predicted octanol–water partition coefficient (Wildman–Crippen LogP) is 3.87. The Bertz CT molecular complexity index is 665. The van der Waals surface area contributed by atoms with Gasteiger partial charge in [-0.25, -0.2) is 4.79 Å². The molecular formula is C17H19NO2. The highest BCUT2D eigenvalue weighted by Crippen LogP contribution is 2.31. The minimum Gasteiger partial charge on any atom is -0.465 e. The van der Waals surface area contributed by atoms with Crippen molar-refractivity contribution in [1.29, 1.82) is 0 Å². The van der Waals surface area contributed by atoms with E-state index in [1.54, 1.807) is 6.08 Å². The molecule has 0 unspecified atom stereocenters. The second-order valence-corrected chi connectivity index (χ2v) is 5.46. The van der Waals surface area contributed by atoms with E-state index in [-0.39, 0.29) is 5.97 Å². The van der Waals surface area contributed by atoms with E-state index in [0.29, 0.717) is 5.56 Å². The summed E-state index contributed by atoms with van der Waals surface area (Å²) in [4.78, 5) is 11.9. The summed E-state index contributed by atoms with van der Waals surface area (Å²) in [5.41, 5.74) is 2.76. The van der Waals surface area contributed by atoms with E-state index < -0.39 is 0 Å². The lowest BCUT2D eigenvalue weighted by molar-refractivity contribution is 0.0602. The lowest BCUT2D eigenvalue weighted by Gasteiger charge is -2.26. The number of carbonyl (C=O) groups excluding carboxylic acids is 1. The number of benzene rings is 1. The molecule has 0 amide bonds. The quantitative estimate of drug-likeness (QED) is 0.789. The number of fused-ring (bicyclic) bond motifs is 1. The minimum absolute atomic E-state index is 0.274. The van der Waals surface area contributed by atoms with Crippen LogP contribution in [-0.2, 0) is 11.3 Å². The van der Waals surface area contributed by atoms with Crippen molar-refractivity contribution in [2.75, 3.05) is 7.11 Å². The van der Waals surface area contributed by atoms with Gasteiger partial charge in [-0.05, 0) is 36.5 Å². The molecule has 0 N–H and O–H groups in total. The lowest BCUT2D eigenvalue weighted by atomic mass is 9.85. The first kappa shape index (κ1) is 13.0. The number of ether oxygens (including phenoxy) is 1. The van der Waals surface area contributed by atoms with Crippen molar-refractivity contribution in [2.24, 2.45) is 5.92 Å². The third-order valence-corrected chi connectivity index (χ3v) is 4.23. The summed E-state index contributed by atoms with van der Waals surface area (Å²) in [7, 11) is 1.43. The Morgan fingerprint density at radius 1 is 1.50 bits per heavy atom. The molecule has 3 rings (SSSR count). The second kappa shape index (κ2) is 5.16. The van der Waals surface area contributed by atoms with Gasteiger partial charge in [0.2, 0.25) is 0 Å². The Kier molecular flexibility index (Phi) is 3.35. The zero-order chi connectivity index (χ0) is 14.1. The third kappa shape index (κ3) is 2.13. The topological polar surface area (TPSA) is 31.2 Å². The van der Waals surface area contributed by atoms with Crippen molar-refractivity contribution in [2.45, 2.75) is 25.8 Å². The highest BCUT2D eigenvalue weighted by Gasteiger charge is 2.21.